The number of rotatable bonds is 4. The van der Waals surface area contributed by atoms with Crippen LogP contribution in [0.2, 0.25) is 0 Å². The molecule has 2 aliphatic rings. The van der Waals surface area contributed by atoms with Crippen molar-refractivity contribution >= 4 is 5.97 Å². The Labute approximate surface area is 110 Å². The van der Waals surface area contributed by atoms with E-state index in [2.05, 4.69) is 10.2 Å². The lowest BCUT2D eigenvalue weighted by Gasteiger charge is -2.36. The van der Waals surface area contributed by atoms with Crippen LogP contribution in [0.5, 0.6) is 0 Å². The van der Waals surface area contributed by atoms with Gasteiger partial charge in [-0.15, -0.1) is 0 Å². The highest BCUT2D eigenvalue weighted by atomic mass is 16.5. The van der Waals surface area contributed by atoms with Gasteiger partial charge in [0.25, 0.3) is 0 Å². The van der Waals surface area contributed by atoms with Crippen LogP contribution in [0.4, 0.5) is 0 Å². The van der Waals surface area contributed by atoms with Gasteiger partial charge in [-0.05, 0) is 52.6 Å². The number of hydrogen-bond acceptors (Lipinski definition) is 4. The number of piperidine rings is 1. The Balaban J connectivity index is 1.78. The lowest BCUT2D eigenvalue weighted by molar-refractivity contribution is -0.150. The van der Waals surface area contributed by atoms with Gasteiger partial charge in [0.15, 0.2) is 0 Å². The first-order valence-electron chi connectivity index (χ1n) is 7.09. The molecule has 18 heavy (non-hydrogen) atoms. The second-order valence-corrected chi connectivity index (χ2v) is 6.31. The molecule has 4 heteroatoms. The summed E-state index contributed by atoms with van der Waals surface area (Å²) in [6.07, 6.45) is 5.13. The number of methoxy groups -OCH3 is 1. The zero-order valence-corrected chi connectivity index (χ0v) is 11.9. The third-order valence-corrected chi connectivity index (χ3v) is 4.39. The van der Waals surface area contributed by atoms with E-state index < -0.39 is 5.41 Å². The van der Waals surface area contributed by atoms with E-state index in [1.807, 2.05) is 13.8 Å². The number of esters is 1. The first-order valence-corrected chi connectivity index (χ1v) is 7.09. The van der Waals surface area contributed by atoms with Crippen LogP contribution in [0.15, 0.2) is 0 Å². The molecule has 2 fully saturated rings. The highest BCUT2D eigenvalue weighted by Gasteiger charge is 2.34. The topological polar surface area (TPSA) is 41.6 Å². The Bertz CT molecular complexity index is 304. The Morgan fingerprint density at radius 2 is 2.17 bits per heavy atom. The van der Waals surface area contributed by atoms with Crippen LogP contribution in [0.25, 0.3) is 0 Å². The van der Waals surface area contributed by atoms with Crippen molar-refractivity contribution in [2.45, 2.75) is 51.6 Å². The molecule has 0 aromatic carbocycles. The van der Waals surface area contributed by atoms with Gasteiger partial charge in [-0.1, -0.05) is 0 Å². The SMILES string of the molecule is COC(=O)C(C)(C)CNC1CCN2CCCC2C1. The number of nitrogens with one attached hydrogen (secondary N) is 1. The van der Waals surface area contributed by atoms with E-state index in [1.54, 1.807) is 0 Å². The molecule has 0 radical (unpaired) electrons. The van der Waals surface area contributed by atoms with Crippen LogP contribution in [-0.2, 0) is 9.53 Å². The maximum absolute atomic E-state index is 11.6. The van der Waals surface area contributed by atoms with Gasteiger partial charge in [0.1, 0.15) is 0 Å². The van der Waals surface area contributed by atoms with E-state index in [9.17, 15) is 4.79 Å². The summed E-state index contributed by atoms with van der Waals surface area (Å²) < 4.78 is 4.84. The van der Waals surface area contributed by atoms with Crippen molar-refractivity contribution in [1.29, 1.82) is 0 Å². The molecule has 0 aliphatic carbocycles. The lowest BCUT2D eigenvalue weighted by Crippen LogP contribution is -2.48. The Kier molecular flexibility index (Phi) is 4.28. The fourth-order valence-electron chi connectivity index (χ4n) is 3.16. The summed E-state index contributed by atoms with van der Waals surface area (Å²) >= 11 is 0. The molecule has 2 heterocycles. The predicted molar refractivity (Wildman–Crippen MR) is 71.4 cm³/mol. The standard InChI is InChI=1S/C14H26N2O2/c1-14(2,13(17)18-3)10-15-11-6-8-16-7-4-5-12(16)9-11/h11-12,15H,4-10H2,1-3H3. The van der Waals surface area contributed by atoms with Gasteiger partial charge in [0.05, 0.1) is 12.5 Å². The van der Waals surface area contributed by atoms with Crippen molar-refractivity contribution in [3.63, 3.8) is 0 Å². The molecule has 0 saturated carbocycles. The third-order valence-electron chi connectivity index (χ3n) is 4.39. The van der Waals surface area contributed by atoms with Crippen LogP contribution < -0.4 is 5.32 Å². The van der Waals surface area contributed by atoms with Crippen molar-refractivity contribution in [3.05, 3.63) is 0 Å². The van der Waals surface area contributed by atoms with E-state index in [4.69, 9.17) is 4.74 Å². The van der Waals surface area contributed by atoms with Crippen molar-refractivity contribution in [3.8, 4) is 0 Å². The van der Waals surface area contributed by atoms with Crippen LogP contribution in [0.3, 0.4) is 0 Å². The third kappa shape index (κ3) is 3.04. The van der Waals surface area contributed by atoms with E-state index in [1.165, 1.54) is 45.9 Å². The molecular formula is C14H26N2O2. The molecule has 2 unspecified atom stereocenters. The first-order chi connectivity index (χ1) is 8.53. The van der Waals surface area contributed by atoms with Gasteiger partial charge in [-0.3, -0.25) is 4.79 Å². The molecule has 2 atom stereocenters. The van der Waals surface area contributed by atoms with E-state index >= 15 is 0 Å². The highest BCUT2D eigenvalue weighted by molar-refractivity contribution is 5.76. The molecule has 0 spiro atoms. The minimum Gasteiger partial charge on any atom is -0.469 e. The number of ether oxygens (including phenoxy) is 1. The maximum Gasteiger partial charge on any atom is 0.312 e. The molecule has 2 aliphatic heterocycles. The molecular weight excluding hydrogens is 228 g/mol. The van der Waals surface area contributed by atoms with Gasteiger partial charge < -0.3 is 15.0 Å². The quantitative estimate of drug-likeness (QED) is 0.770. The molecule has 4 nitrogen and oxygen atoms in total. The monoisotopic (exact) mass is 254 g/mol. The minimum atomic E-state index is -0.429. The number of nitrogens with zero attached hydrogens (tertiary/aromatic N) is 1. The molecule has 0 amide bonds. The normalized spacial score (nSPS) is 29.1. The van der Waals surface area contributed by atoms with Crippen molar-refractivity contribution in [1.82, 2.24) is 10.2 Å². The average molecular weight is 254 g/mol. The fourth-order valence-corrected chi connectivity index (χ4v) is 3.16. The molecule has 2 rings (SSSR count). The highest BCUT2D eigenvalue weighted by Crippen LogP contribution is 2.27. The zero-order valence-electron chi connectivity index (χ0n) is 11.9. The average Bonchev–Trinajstić information content (AvgIpc) is 2.82. The lowest BCUT2D eigenvalue weighted by atomic mass is 9.91. The second-order valence-electron chi connectivity index (χ2n) is 6.31. The summed E-state index contributed by atoms with van der Waals surface area (Å²) in [6, 6.07) is 1.34. The Morgan fingerprint density at radius 1 is 1.39 bits per heavy atom. The first kappa shape index (κ1) is 13.8. The van der Waals surface area contributed by atoms with Gasteiger partial charge in [0, 0.05) is 18.6 Å². The predicted octanol–water partition coefficient (Wildman–Crippen LogP) is 1.40. The summed E-state index contributed by atoms with van der Waals surface area (Å²) in [6.45, 7) is 7.08. The van der Waals surface area contributed by atoms with Crippen molar-refractivity contribution < 1.29 is 9.53 Å². The largest absolute Gasteiger partial charge is 0.469 e. The summed E-state index contributed by atoms with van der Waals surface area (Å²) in [7, 11) is 1.46. The van der Waals surface area contributed by atoms with Gasteiger partial charge in [-0.25, -0.2) is 0 Å². The fraction of sp³-hybridized carbons (Fsp3) is 0.929. The van der Waals surface area contributed by atoms with E-state index in [-0.39, 0.29) is 5.97 Å². The summed E-state index contributed by atoms with van der Waals surface area (Å²) in [5.41, 5.74) is -0.429. The Morgan fingerprint density at radius 3 is 2.89 bits per heavy atom. The van der Waals surface area contributed by atoms with E-state index in [0.29, 0.717) is 12.6 Å². The maximum atomic E-state index is 11.6. The van der Waals surface area contributed by atoms with Crippen LogP contribution >= 0.6 is 0 Å². The second kappa shape index (κ2) is 5.57. The van der Waals surface area contributed by atoms with Crippen LogP contribution in [-0.4, -0.2) is 49.7 Å². The smallest absolute Gasteiger partial charge is 0.312 e. The molecule has 104 valence electrons. The van der Waals surface area contributed by atoms with Crippen LogP contribution in [0.1, 0.15) is 39.5 Å². The summed E-state index contributed by atoms with van der Waals surface area (Å²) in [4.78, 5) is 14.2. The molecule has 0 aromatic rings. The molecule has 2 saturated heterocycles. The van der Waals surface area contributed by atoms with Crippen LogP contribution in [0, 0.1) is 5.41 Å². The van der Waals surface area contributed by atoms with Gasteiger partial charge in [-0.2, -0.15) is 0 Å². The number of carbonyl (C=O) groups is 1. The minimum absolute atomic E-state index is 0.131. The summed E-state index contributed by atoms with van der Waals surface area (Å²) in [5, 5.41) is 3.56. The number of carbonyl (C=O) groups excluding carboxylic acids is 1. The molecule has 0 bridgehead atoms. The Hall–Kier alpha value is -0.610. The number of hydrogen-bond donors (Lipinski definition) is 1. The van der Waals surface area contributed by atoms with Gasteiger partial charge in [0.2, 0.25) is 0 Å². The molecule has 1 N–H and O–H groups in total. The van der Waals surface area contributed by atoms with E-state index in [0.717, 1.165) is 6.04 Å². The number of fused-ring (bicyclic) bond motifs is 1. The van der Waals surface area contributed by atoms with Crippen molar-refractivity contribution in [2.24, 2.45) is 5.41 Å². The molecule has 0 aromatic heterocycles. The van der Waals surface area contributed by atoms with Gasteiger partial charge >= 0.3 is 5.97 Å². The zero-order chi connectivity index (χ0) is 13.2. The van der Waals surface area contributed by atoms with Crippen molar-refractivity contribution in [2.75, 3.05) is 26.7 Å². The summed E-state index contributed by atoms with van der Waals surface area (Å²) in [5.74, 6) is -0.131.